The summed E-state index contributed by atoms with van der Waals surface area (Å²) in [6, 6.07) is 0.0694. The quantitative estimate of drug-likeness (QED) is 0.655. The smallest absolute Gasteiger partial charge is 0.410 e. The van der Waals surface area contributed by atoms with E-state index in [9.17, 15) is 9.59 Å². The van der Waals surface area contributed by atoms with Gasteiger partial charge in [0.25, 0.3) is 0 Å². The maximum absolute atomic E-state index is 12.0. The highest BCUT2D eigenvalue weighted by molar-refractivity contribution is 5.78. The van der Waals surface area contributed by atoms with E-state index < -0.39 is 5.60 Å². The average molecular weight is 270 g/mol. The summed E-state index contributed by atoms with van der Waals surface area (Å²) in [6.07, 6.45) is 0.310. The highest BCUT2D eigenvalue weighted by atomic mass is 16.6. The van der Waals surface area contributed by atoms with Crippen LogP contribution in [0.15, 0.2) is 0 Å². The lowest BCUT2D eigenvalue weighted by Gasteiger charge is -2.45. The minimum absolute atomic E-state index is 0.00645. The van der Waals surface area contributed by atoms with Gasteiger partial charge in [-0.1, -0.05) is 0 Å². The predicted molar refractivity (Wildman–Crippen MR) is 68.7 cm³/mol. The van der Waals surface area contributed by atoms with Gasteiger partial charge in [-0.2, -0.15) is 0 Å². The van der Waals surface area contributed by atoms with Crippen LogP contribution >= 0.6 is 0 Å². The monoisotopic (exact) mass is 270 g/mol. The molecule has 2 heterocycles. The fourth-order valence-electron chi connectivity index (χ4n) is 2.47. The minimum Gasteiger partial charge on any atom is -0.444 e. The van der Waals surface area contributed by atoms with Crippen molar-refractivity contribution in [2.75, 3.05) is 26.7 Å². The molecule has 2 saturated heterocycles. The number of hydrogen-bond donors (Lipinski definition) is 0. The zero-order valence-electron chi connectivity index (χ0n) is 12.0. The van der Waals surface area contributed by atoms with Crippen LogP contribution in [0.3, 0.4) is 0 Å². The lowest BCUT2D eigenvalue weighted by molar-refractivity contribution is -0.159. The summed E-state index contributed by atoms with van der Waals surface area (Å²) >= 11 is 0. The van der Waals surface area contributed by atoms with Gasteiger partial charge in [-0.05, 0) is 27.2 Å². The summed E-state index contributed by atoms with van der Waals surface area (Å²) < 4.78 is 10.9. The zero-order valence-corrected chi connectivity index (χ0v) is 12.0. The van der Waals surface area contributed by atoms with Gasteiger partial charge < -0.3 is 19.3 Å². The Bertz CT molecular complexity index is 377. The van der Waals surface area contributed by atoms with Gasteiger partial charge in [0, 0.05) is 13.6 Å². The molecule has 2 aliphatic heterocycles. The Morgan fingerprint density at radius 3 is 2.74 bits per heavy atom. The maximum Gasteiger partial charge on any atom is 0.410 e. The van der Waals surface area contributed by atoms with Gasteiger partial charge in [-0.3, -0.25) is 4.79 Å². The van der Waals surface area contributed by atoms with Crippen molar-refractivity contribution in [2.24, 2.45) is 0 Å². The molecule has 0 spiro atoms. The first kappa shape index (κ1) is 14.1. The number of likely N-dealkylation sites (tertiary alicyclic amines) is 1. The van der Waals surface area contributed by atoms with E-state index in [-0.39, 0.29) is 30.8 Å². The first-order valence-electron chi connectivity index (χ1n) is 6.63. The second-order valence-electron chi connectivity index (χ2n) is 6.14. The van der Waals surface area contributed by atoms with Crippen molar-refractivity contribution in [2.45, 2.75) is 44.9 Å². The predicted octanol–water partition coefficient (Wildman–Crippen LogP) is 0.853. The van der Waals surface area contributed by atoms with E-state index in [0.29, 0.717) is 13.1 Å². The number of carbonyl (C=O) groups is 2. The molecule has 0 bridgehead atoms. The van der Waals surface area contributed by atoms with Crippen LogP contribution in [0, 0.1) is 0 Å². The van der Waals surface area contributed by atoms with Gasteiger partial charge in [0.1, 0.15) is 12.2 Å². The summed E-state index contributed by atoms with van der Waals surface area (Å²) in [7, 11) is 1.80. The van der Waals surface area contributed by atoms with Crippen molar-refractivity contribution >= 4 is 12.0 Å². The fourth-order valence-corrected chi connectivity index (χ4v) is 2.47. The van der Waals surface area contributed by atoms with E-state index >= 15 is 0 Å². The Hall–Kier alpha value is -1.30. The number of likely N-dealkylation sites (N-methyl/N-ethyl adjacent to an activating group) is 1. The number of hydrogen-bond acceptors (Lipinski definition) is 4. The van der Waals surface area contributed by atoms with E-state index in [0.717, 1.165) is 6.42 Å². The Labute approximate surface area is 113 Å². The third kappa shape index (κ3) is 3.18. The van der Waals surface area contributed by atoms with Crippen LogP contribution < -0.4 is 0 Å². The second kappa shape index (κ2) is 5.00. The molecule has 2 amide bonds. The number of amides is 2. The number of fused-ring (bicyclic) bond motifs is 1. The van der Waals surface area contributed by atoms with E-state index in [1.165, 1.54) is 0 Å². The van der Waals surface area contributed by atoms with Crippen LogP contribution in [0.5, 0.6) is 0 Å². The summed E-state index contributed by atoms with van der Waals surface area (Å²) in [6.45, 7) is 6.72. The van der Waals surface area contributed by atoms with Gasteiger partial charge in [0.05, 0.1) is 18.7 Å². The molecule has 2 fully saturated rings. The Morgan fingerprint density at radius 1 is 1.42 bits per heavy atom. The van der Waals surface area contributed by atoms with Gasteiger partial charge in [-0.25, -0.2) is 4.79 Å². The average Bonchev–Trinajstić information content (AvgIpc) is 2.31. The third-order valence-corrected chi connectivity index (χ3v) is 3.49. The molecule has 19 heavy (non-hydrogen) atoms. The van der Waals surface area contributed by atoms with Crippen molar-refractivity contribution in [3.63, 3.8) is 0 Å². The summed E-state index contributed by atoms with van der Waals surface area (Å²) in [5.41, 5.74) is -0.492. The molecule has 108 valence electrons. The van der Waals surface area contributed by atoms with E-state index in [1.807, 2.05) is 20.8 Å². The topological polar surface area (TPSA) is 59.1 Å². The van der Waals surface area contributed by atoms with Crippen LogP contribution in [0.1, 0.15) is 27.2 Å². The largest absolute Gasteiger partial charge is 0.444 e. The molecule has 0 aliphatic carbocycles. The lowest BCUT2D eigenvalue weighted by Crippen LogP contribution is -2.61. The molecule has 2 aliphatic rings. The van der Waals surface area contributed by atoms with Gasteiger partial charge in [-0.15, -0.1) is 0 Å². The molecule has 6 nitrogen and oxygen atoms in total. The van der Waals surface area contributed by atoms with Crippen molar-refractivity contribution < 1.29 is 19.1 Å². The van der Waals surface area contributed by atoms with Crippen molar-refractivity contribution in [3.8, 4) is 0 Å². The second-order valence-corrected chi connectivity index (χ2v) is 6.14. The van der Waals surface area contributed by atoms with Crippen molar-refractivity contribution in [3.05, 3.63) is 0 Å². The van der Waals surface area contributed by atoms with E-state index in [1.54, 1.807) is 16.8 Å². The number of ether oxygens (including phenoxy) is 2. The minimum atomic E-state index is -0.492. The van der Waals surface area contributed by atoms with Crippen LogP contribution in [-0.2, 0) is 14.3 Å². The molecule has 0 aromatic rings. The molecule has 0 N–H and O–H groups in total. The highest BCUT2D eigenvalue weighted by Gasteiger charge is 2.40. The molecule has 2 atom stereocenters. The van der Waals surface area contributed by atoms with Crippen LogP contribution in [0.2, 0.25) is 0 Å². The number of rotatable bonds is 0. The summed E-state index contributed by atoms with van der Waals surface area (Å²) in [5, 5.41) is 0. The molecular formula is C13H22N2O4. The molecule has 0 aromatic carbocycles. The molecule has 0 aromatic heterocycles. The Kier molecular flexibility index (Phi) is 3.71. The van der Waals surface area contributed by atoms with Crippen molar-refractivity contribution in [1.82, 2.24) is 9.80 Å². The summed E-state index contributed by atoms with van der Waals surface area (Å²) in [5.74, 6) is 0.00645. The van der Waals surface area contributed by atoms with Crippen molar-refractivity contribution in [1.29, 1.82) is 0 Å². The molecule has 2 rings (SSSR count). The number of carbonyl (C=O) groups excluding carboxylic acids is 2. The lowest BCUT2D eigenvalue weighted by atomic mass is 9.99. The zero-order chi connectivity index (χ0) is 14.2. The number of piperidine rings is 1. The van der Waals surface area contributed by atoms with E-state index in [4.69, 9.17) is 9.47 Å². The van der Waals surface area contributed by atoms with Gasteiger partial charge in [0.2, 0.25) is 5.91 Å². The SMILES string of the molecule is CN1C(=O)CO[C@@H]2CN(C(=O)OC(C)(C)C)CC[C@H]21. The molecule has 0 radical (unpaired) electrons. The van der Waals surface area contributed by atoms with Gasteiger partial charge >= 0.3 is 6.09 Å². The van der Waals surface area contributed by atoms with Crippen LogP contribution in [0.25, 0.3) is 0 Å². The van der Waals surface area contributed by atoms with Crippen LogP contribution in [-0.4, -0.2) is 66.3 Å². The summed E-state index contributed by atoms with van der Waals surface area (Å²) in [4.78, 5) is 26.9. The normalized spacial score (nSPS) is 28.1. The standard InChI is InChI=1S/C13H22N2O4/c1-13(2,3)19-12(17)15-6-5-9-10(7-15)18-8-11(16)14(9)4/h9-10H,5-8H2,1-4H3/t9-,10-/m1/s1. The maximum atomic E-state index is 12.0. The Balaban J connectivity index is 1.96. The molecular weight excluding hydrogens is 248 g/mol. The number of nitrogens with zero attached hydrogens (tertiary/aromatic N) is 2. The van der Waals surface area contributed by atoms with Gasteiger partial charge in [0.15, 0.2) is 0 Å². The first-order chi connectivity index (χ1) is 8.78. The molecule has 0 saturated carbocycles. The highest BCUT2D eigenvalue weighted by Crippen LogP contribution is 2.23. The Morgan fingerprint density at radius 2 is 2.11 bits per heavy atom. The third-order valence-electron chi connectivity index (χ3n) is 3.49. The van der Waals surface area contributed by atoms with Crippen LogP contribution in [0.4, 0.5) is 4.79 Å². The number of morpholine rings is 1. The first-order valence-corrected chi connectivity index (χ1v) is 6.63. The fraction of sp³-hybridized carbons (Fsp3) is 0.846. The van der Waals surface area contributed by atoms with E-state index in [2.05, 4.69) is 0 Å². The molecule has 6 heteroatoms. The molecule has 0 unspecified atom stereocenters.